The molecule has 1 N–H and O–H groups in total. The fourth-order valence-electron chi connectivity index (χ4n) is 4.94. The van der Waals surface area contributed by atoms with Gasteiger partial charge in [0, 0.05) is 43.3 Å². The van der Waals surface area contributed by atoms with Gasteiger partial charge in [-0.1, -0.05) is 18.6 Å². The monoisotopic (exact) mass is 611 g/mol. The third-order valence-corrected chi connectivity index (χ3v) is 7.93. The number of aromatic nitrogens is 3. The summed E-state index contributed by atoms with van der Waals surface area (Å²) in [6.07, 6.45) is -1.25. The van der Waals surface area contributed by atoms with Crippen molar-refractivity contribution >= 4 is 23.3 Å². The lowest BCUT2D eigenvalue weighted by Gasteiger charge is -2.29. The van der Waals surface area contributed by atoms with Gasteiger partial charge in [-0.05, 0) is 62.2 Å². The Balaban J connectivity index is 1.74. The summed E-state index contributed by atoms with van der Waals surface area (Å²) in [4.78, 5) is 38.1. The van der Waals surface area contributed by atoms with Crippen molar-refractivity contribution in [1.29, 1.82) is 0 Å². The Labute approximate surface area is 249 Å². The Kier molecular flexibility index (Phi) is 8.61. The molecule has 1 amide bonds. The highest BCUT2D eigenvalue weighted by Gasteiger charge is 2.32. The van der Waals surface area contributed by atoms with E-state index in [1.165, 1.54) is 28.8 Å². The van der Waals surface area contributed by atoms with Gasteiger partial charge in [0.15, 0.2) is 0 Å². The third kappa shape index (κ3) is 6.30. The molecule has 43 heavy (non-hydrogen) atoms. The van der Waals surface area contributed by atoms with Crippen molar-refractivity contribution in [2.75, 3.05) is 26.2 Å². The maximum atomic E-state index is 14.7. The van der Waals surface area contributed by atoms with E-state index in [1.807, 2.05) is 20.8 Å². The lowest BCUT2D eigenvalue weighted by Crippen LogP contribution is -2.47. The Morgan fingerprint density at radius 2 is 1.86 bits per heavy atom. The molecule has 3 aromatic heterocycles. The van der Waals surface area contributed by atoms with Crippen molar-refractivity contribution in [3.63, 3.8) is 0 Å². The van der Waals surface area contributed by atoms with Crippen LogP contribution in [0.4, 0.5) is 17.6 Å². The van der Waals surface area contributed by atoms with Gasteiger partial charge in [0.25, 0.3) is 11.5 Å². The van der Waals surface area contributed by atoms with Crippen molar-refractivity contribution in [2.24, 2.45) is 0 Å². The molecule has 1 aliphatic rings. The molecular weight excluding hydrogens is 582 g/mol. The molecule has 0 bridgehead atoms. The van der Waals surface area contributed by atoms with Gasteiger partial charge in [0.1, 0.15) is 16.5 Å². The molecule has 224 valence electrons. The molecule has 12 heteroatoms. The van der Waals surface area contributed by atoms with Gasteiger partial charge in [-0.15, -0.1) is 11.3 Å². The first-order valence-corrected chi connectivity index (χ1v) is 14.6. The maximum absolute atomic E-state index is 14.7. The second-order valence-electron chi connectivity index (χ2n) is 10.4. The molecule has 5 rings (SSSR count). The van der Waals surface area contributed by atoms with Crippen molar-refractivity contribution in [1.82, 2.24) is 24.8 Å². The summed E-state index contributed by atoms with van der Waals surface area (Å²) < 4.78 is 55.1. The van der Waals surface area contributed by atoms with Crippen LogP contribution >= 0.6 is 11.3 Å². The first-order valence-electron chi connectivity index (χ1n) is 13.7. The molecular formula is C31H29F4N5O2S. The van der Waals surface area contributed by atoms with Crippen LogP contribution in [0, 0.1) is 5.82 Å². The highest BCUT2D eigenvalue weighted by atomic mass is 32.1. The fraction of sp³-hybridized carbons (Fsp3) is 0.290. The third-order valence-electron chi connectivity index (χ3n) is 7.05. The van der Waals surface area contributed by atoms with Gasteiger partial charge in [-0.3, -0.25) is 19.1 Å². The van der Waals surface area contributed by atoms with Crippen LogP contribution in [-0.2, 0) is 12.6 Å². The molecule has 4 aromatic rings. The van der Waals surface area contributed by atoms with Crippen LogP contribution in [0.15, 0.2) is 58.3 Å². The molecule has 1 aromatic carbocycles. The topological polar surface area (TPSA) is 80.1 Å². The number of benzene rings is 1. The minimum absolute atomic E-state index is 0.117. The molecule has 7 nitrogen and oxygen atoms in total. The lowest BCUT2D eigenvalue weighted by atomic mass is 10.0. The smallest absolute Gasteiger partial charge is 0.336 e. The Morgan fingerprint density at radius 1 is 1.12 bits per heavy atom. The molecule has 0 saturated carbocycles. The SMILES string of the molecule is CCc1ccc(F)cc1-n1c(C=C(C)C)c(C(=O)N2CCNCC2)cc(-c2nc(-c3ccc(C(F)(F)F)nc3)cs2)c1=O. The summed E-state index contributed by atoms with van der Waals surface area (Å²) in [5.41, 5.74) is 1.71. The van der Waals surface area contributed by atoms with E-state index < -0.39 is 23.2 Å². The zero-order valence-corrected chi connectivity index (χ0v) is 24.6. The quantitative estimate of drug-likeness (QED) is 0.262. The van der Waals surface area contributed by atoms with Crippen LogP contribution in [0.5, 0.6) is 0 Å². The number of rotatable bonds is 6. The number of halogens is 4. The number of thiazole rings is 1. The van der Waals surface area contributed by atoms with E-state index in [0.29, 0.717) is 60.8 Å². The van der Waals surface area contributed by atoms with E-state index in [-0.39, 0.29) is 22.0 Å². The highest BCUT2D eigenvalue weighted by Crippen LogP contribution is 2.32. The molecule has 0 spiro atoms. The van der Waals surface area contributed by atoms with Gasteiger partial charge >= 0.3 is 6.18 Å². The number of allylic oxidation sites excluding steroid dienone is 1. The maximum Gasteiger partial charge on any atom is 0.433 e. The number of nitrogens with zero attached hydrogens (tertiary/aromatic N) is 4. The van der Waals surface area contributed by atoms with Crippen molar-refractivity contribution in [3.8, 4) is 27.5 Å². The highest BCUT2D eigenvalue weighted by molar-refractivity contribution is 7.13. The predicted molar refractivity (Wildman–Crippen MR) is 159 cm³/mol. The zero-order chi connectivity index (χ0) is 30.9. The number of amides is 1. The molecule has 0 unspecified atom stereocenters. The summed E-state index contributed by atoms with van der Waals surface area (Å²) in [5.74, 6) is -0.809. The minimum atomic E-state index is -4.58. The summed E-state index contributed by atoms with van der Waals surface area (Å²) >= 11 is 1.12. The summed E-state index contributed by atoms with van der Waals surface area (Å²) in [5, 5.41) is 5.11. The van der Waals surface area contributed by atoms with Crippen molar-refractivity contribution in [3.05, 3.63) is 92.2 Å². The van der Waals surface area contributed by atoms with E-state index in [9.17, 15) is 27.2 Å². The van der Waals surface area contributed by atoms with E-state index in [1.54, 1.807) is 22.4 Å². The average Bonchev–Trinajstić information content (AvgIpc) is 3.47. The molecule has 1 fully saturated rings. The van der Waals surface area contributed by atoms with Crippen LogP contribution in [0.25, 0.3) is 33.6 Å². The number of hydrogen-bond acceptors (Lipinski definition) is 6. The first kappa shape index (κ1) is 30.3. The van der Waals surface area contributed by atoms with E-state index in [0.717, 1.165) is 29.2 Å². The normalized spacial score (nSPS) is 13.7. The largest absolute Gasteiger partial charge is 0.433 e. The van der Waals surface area contributed by atoms with E-state index >= 15 is 0 Å². The number of carbonyl (C=O) groups excluding carboxylic acids is 1. The Morgan fingerprint density at radius 3 is 2.49 bits per heavy atom. The minimum Gasteiger partial charge on any atom is -0.336 e. The second-order valence-corrected chi connectivity index (χ2v) is 11.2. The summed E-state index contributed by atoms with van der Waals surface area (Å²) in [7, 11) is 0. The van der Waals surface area contributed by atoms with Gasteiger partial charge < -0.3 is 10.2 Å². The van der Waals surface area contributed by atoms with Crippen LogP contribution < -0.4 is 10.9 Å². The van der Waals surface area contributed by atoms with Crippen LogP contribution in [0.1, 0.15) is 48.1 Å². The molecule has 1 saturated heterocycles. The summed E-state index contributed by atoms with van der Waals surface area (Å²) in [6.45, 7) is 7.78. The zero-order valence-electron chi connectivity index (χ0n) is 23.8. The van der Waals surface area contributed by atoms with Crippen LogP contribution in [-0.4, -0.2) is 51.5 Å². The van der Waals surface area contributed by atoms with Crippen molar-refractivity contribution < 1.29 is 22.4 Å². The lowest BCUT2D eigenvalue weighted by molar-refractivity contribution is -0.141. The van der Waals surface area contributed by atoms with Gasteiger partial charge in [0.2, 0.25) is 0 Å². The van der Waals surface area contributed by atoms with Gasteiger partial charge in [0.05, 0.1) is 28.2 Å². The molecule has 0 aliphatic carbocycles. The van der Waals surface area contributed by atoms with Crippen LogP contribution in [0.2, 0.25) is 0 Å². The van der Waals surface area contributed by atoms with E-state index in [4.69, 9.17) is 0 Å². The molecule has 1 aliphatic heterocycles. The second kappa shape index (κ2) is 12.2. The average molecular weight is 612 g/mol. The Bertz CT molecular complexity index is 1750. The van der Waals surface area contributed by atoms with Gasteiger partial charge in [-0.2, -0.15) is 13.2 Å². The Hall–Kier alpha value is -4.16. The molecule has 4 heterocycles. The number of piperazine rings is 1. The fourth-order valence-corrected chi connectivity index (χ4v) is 5.77. The number of pyridine rings is 2. The number of carbonyl (C=O) groups is 1. The first-order chi connectivity index (χ1) is 20.5. The predicted octanol–water partition coefficient (Wildman–Crippen LogP) is 6.21. The van der Waals surface area contributed by atoms with Gasteiger partial charge in [-0.25, -0.2) is 9.37 Å². The number of aryl methyl sites for hydroxylation is 1. The van der Waals surface area contributed by atoms with E-state index in [2.05, 4.69) is 15.3 Å². The van der Waals surface area contributed by atoms with Crippen LogP contribution in [0.3, 0.4) is 0 Å². The molecule has 0 radical (unpaired) electrons. The number of hydrogen-bond donors (Lipinski definition) is 1. The number of nitrogens with one attached hydrogen (secondary N) is 1. The van der Waals surface area contributed by atoms with Crippen molar-refractivity contribution in [2.45, 2.75) is 33.4 Å². The molecule has 0 atom stereocenters. The number of alkyl halides is 3. The standard InChI is InChI=1S/C31H29F4N5O2S/c1-4-19-5-7-21(32)14-25(19)40-26(13-18(2)3)22(29(41)39-11-9-36-10-12-39)15-23(30(40)42)28-38-24(17-43-28)20-6-8-27(37-16-20)31(33,34)35/h5-8,13-17,36H,4,9-12H2,1-3H3. The summed E-state index contributed by atoms with van der Waals surface area (Å²) in [6, 6.07) is 7.90.